The molecule has 0 spiro atoms. The zero-order valence-corrected chi connectivity index (χ0v) is 14.9. The van der Waals surface area contributed by atoms with Gasteiger partial charge in [0.25, 0.3) is 0 Å². The van der Waals surface area contributed by atoms with E-state index >= 15 is 0 Å². The van der Waals surface area contributed by atoms with Gasteiger partial charge in [-0.2, -0.15) is 0 Å². The predicted octanol–water partition coefficient (Wildman–Crippen LogP) is 4.14. The molecular weight excluding hydrogens is 310 g/mol. The van der Waals surface area contributed by atoms with Crippen molar-refractivity contribution in [3.63, 3.8) is 0 Å². The van der Waals surface area contributed by atoms with Crippen LogP contribution in [0.15, 0.2) is 66.2 Å². The van der Waals surface area contributed by atoms with Crippen molar-refractivity contribution in [3.8, 4) is 5.75 Å². The molecule has 0 fully saturated rings. The number of Topliss-reactive ketones (excluding diaryl/α,β-unsaturated/α-hetero) is 1. The Labute approximate surface area is 149 Å². The minimum atomic E-state index is -0.108. The van der Waals surface area contributed by atoms with Crippen LogP contribution in [0.2, 0.25) is 0 Å². The molecule has 2 aromatic rings. The molecule has 1 aliphatic heterocycles. The van der Waals surface area contributed by atoms with Gasteiger partial charge in [-0.25, -0.2) is 0 Å². The molecule has 0 saturated carbocycles. The fraction of sp³-hybridized carbons (Fsp3) is 0.318. The summed E-state index contributed by atoms with van der Waals surface area (Å²) in [5.74, 6) is 0.943. The van der Waals surface area contributed by atoms with Crippen LogP contribution in [0.5, 0.6) is 5.75 Å². The molecule has 0 amide bonds. The average Bonchev–Trinajstić information content (AvgIpc) is 2.68. The zero-order chi connectivity index (χ0) is 17.6. The van der Waals surface area contributed by atoms with E-state index in [0.717, 1.165) is 37.2 Å². The smallest absolute Gasteiger partial charge is 0.179 e. The molecule has 1 atom stereocenters. The second kappa shape index (κ2) is 8.13. The summed E-state index contributed by atoms with van der Waals surface area (Å²) >= 11 is 0. The van der Waals surface area contributed by atoms with Gasteiger partial charge < -0.3 is 4.74 Å². The minimum absolute atomic E-state index is 0.108. The molecule has 2 aromatic carbocycles. The SMILES string of the molecule is COc1ccc(C(=O)C(C)N2CC=C(Cc3ccccc3)CC2)cc1. The molecule has 3 rings (SSSR count). The van der Waals surface area contributed by atoms with Crippen LogP contribution in [0, 0.1) is 0 Å². The van der Waals surface area contributed by atoms with Gasteiger partial charge >= 0.3 is 0 Å². The lowest BCUT2D eigenvalue weighted by Crippen LogP contribution is -2.41. The van der Waals surface area contributed by atoms with Gasteiger partial charge in [0, 0.05) is 18.7 Å². The van der Waals surface area contributed by atoms with Crippen molar-refractivity contribution < 1.29 is 9.53 Å². The Morgan fingerprint density at radius 3 is 2.44 bits per heavy atom. The molecule has 0 bridgehead atoms. The quantitative estimate of drug-likeness (QED) is 0.587. The highest BCUT2D eigenvalue weighted by atomic mass is 16.5. The third kappa shape index (κ3) is 4.37. The van der Waals surface area contributed by atoms with E-state index in [4.69, 9.17) is 4.74 Å². The van der Waals surface area contributed by atoms with E-state index in [-0.39, 0.29) is 11.8 Å². The molecule has 0 saturated heterocycles. The molecule has 1 unspecified atom stereocenters. The van der Waals surface area contributed by atoms with Crippen LogP contribution >= 0.6 is 0 Å². The standard InChI is InChI=1S/C22H25NO2/c1-17(22(24)20-8-10-21(25-2)11-9-20)23-14-12-19(13-15-23)16-18-6-4-3-5-7-18/h3-12,17H,13-16H2,1-2H3. The van der Waals surface area contributed by atoms with Crippen LogP contribution in [-0.2, 0) is 6.42 Å². The van der Waals surface area contributed by atoms with Gasteiger partial charge in [-0.15, -0.1) is 0 Å². The molecule has 0 N–H and O–H groups in total. The van der Waals surface area contributed by atoms with Crippen molar-refractivity contribution in [1.82, 2.24) is 4.90 Å². The summed E-state index contributed by atoms with van der Waals surface area (Å²) < 4.78 is 5.16. The topological polar surface area (TPSA) is 29.5 Å². The van der Waals surface area contributed by atoms with Gasteiger partial charge in [-0.1, -0.05) is 42.0 Å². The van der Waals surface area contributed by atoms with E-state index in [0.29, 0.717) is 0 Å². The van der Waals surface area contributed by atoms with Gasteiger partial charge in [0.15, 0.2) is 5.78 Å². The Balaban J connectivity index is 1.60. The number of ketones is 1. The molecule has 1 aliphatic rings. The molecule has 0 aliphatic carbocycles. The number of hydrogen-bond donors (Lipinski definition) is 0. The summed E-state index contributed by atoms with van der Waals surface area (Å²) in [5.41, 5.74) is 3.56. The number of methoxy groups -OCH3 is 1. The van der Waals surface area contributed by atoms with E-state index < -0.39 is 0 Å². The van der Waals surface area contributed by atoms with E-state index in [1.807, 2.05) is 37.3 Å². The van der Waals surface area contributed by atoms with E-state index in [1.165, 1.54) is 11.1 Å². The first kappa shape index (κ1) is 17.4. The van der Waals surface area contributed by atoms with Crippen molar-refractivity contribution in [3.05, 3.63) is 77.4 Å². The Kier molecular flexibility index (Phi) is 5.67. The molecular formula is C22H25NO2. The highest BCUT2D eigenvalue weighted by Gasteiger charge is 2.24. The van der Waals surface area contributed by atoms with Crippen molar-refractivity contribution in [1.29, 1.82) is 0 Å². The Morgan fingerprint density at radius 1 is 1.12 bits per heavy atom. The summed E-state index contributed by atoms with van der Waals surface area (Å²) in [4.78, 5) is 15.0. The molecule has 0 aromatic heterocycles. The Bertz CT molecular complexity index is 734. The Morgan fingerprint density at radius 2 is 1.84 bits per heavy atom. The fourth-order valence-electron chi connectivity index (χ4n) is 3.26. The van der Waals surface area contributed by atoms with E-state index in [9.17, 15) is 4.79 Å². The van der Waals surface area contributed by atoms with Crippen molar-refractivity contribution in [2.75, 3.05) is 20.2 Å². The van der Waals surface area contributed by atoms with Crippen LogP contribution < -0.4 is 4.74 Å². The fourth-order valence-corrected chi connectivity index (χ4v) is 3.26. The molecule has 25 heavy (non-hydrogen) atoms. The van der Waals surface area contributed by atoms with E-state index in [2.05, 4.69) is 35.2 Å². The van der Waals surface area contributed by atoms with Crippen LogP contribution in [0.25, 0.3) is 0 Å². The van der Waals surface area contributed by atoms with Gasteiger partial charge in [0.05, 0.1) is 13.2 Å². The third-order valence-electron chi connectivity index (χ3n) is 4.91. The molecule has 0 radical (unpaired) electrons. The number of nitrogens with zero attached hydrogens (tertiary/aromatic N) is 1. The highest BCUT2D eigenvalue weighted by Crippen LogP contribution is 2.20. The maximum atomic E-state index is 12.7. The van der Waals surface area contributed by atoms with Crippen molar-refractivity contribution in [2.45, 2.75) is 25.8 Å². The predicted molar refractivity (Wildman–Crippen MR) is 101 cm³/mol. The number of carbonyl (C=O) groups excluding carboxylic acids is 1. The van der Waals surface area contributed by atoms with Gasteiger partial charge in [-0.05, 0) is 49.6 Å². The van der Waals surface area contributed by atoms with Crippen LogP contribution in [0.4, 0.5) is 0 Å². The third-order valence-corrected chi connectivity index (χ3v) is 4.91. The molecule has 3 heteroatoms. The summed E-state index contributed by atoms with van der Waals surface area (Å²) in [5, 5.41) is 0. The average molecular weight is 335 g/mol. The first-order chi connectivity index (χ1) is 12.2. The van der Waals surface area contributed by atoms with Crippen molar-refractivity contribution in [2.24, 2.45) is 0 Å². The van der Waals surface area contributed by atoms with Gasteiger partial charge in [-0.3, -0.25) is 9.69 Å². The summed E-state index contributed by atoms with van der Waals surface area (Å²) in [6.45, 7) is 3.77. The number of benzene rings is 2. The van der Waals surface area contributed by atoms with Gasteiger partial charge in [0.2, 0.25) is 0 Å². The number of hydrogen-bond acceptors (Lipinski definition) is 3. The summed E-state index contributed by atoms with van der Waals surface area (Å²) in [7, 11) is 1.63. The maximum absolute atomic E-state index is 12.7. The number of rotatable bonds is 6. The monoisotopic (exact) mass is 335 g/mol. The van der Waals surface area contributed by atoms with Crippen LogP contribution in [0.1, 0.15) is 29.3 Å². The normalized spacial score (nSPS) is 16.2. The number of ether oxygens (including phenoxy) is 1. The molecule has 1 heterocycles. The maximum Gasteiger partial charge on any atom is 0.179 e. The molecule has 3 nitrogen and oxygen atoms in total. The van der Waals surface area contributed by atoms with Crippen LogP contribution in [-0.4, -0.2) is 36.9 Å². The van der Waals surface area contributed by atoms with E-state index in [1.54, 1.807) is 7.11 Å². The largest absolute Gasteiger partial charge is 0.497 e. The summed E-state index contributed by atoms with van der Waals surface area (Å²) in [6, 6.07) is 17.8. The lowest BCUT2D eigenvalue weighted by atomic mass is 9.97. The Hall–Kier alpha value is -2.39. The minimum Gasteiger partial charge on any atom is -0.497 e. The second-order valence-corrected chi connectivity index (χ2v) is 6.54. The van der Waals surface area contributed by atoms with Crippen molar-refractivity contribution >= 4 is 5.78 Å². The lowest BCUT2D eigenvalue weighted by Gasteiger charge is -2.31. The zero-order valence-electron chi connectivity index (χ0n) is 14.9. The molecule has 130 valence electrons. The van der Waals surface area contributed by atoms with Gasteiger partial charge in [0.1, 0.15) is 5.75 Å². The summed E-state index contributed by atoms with van der Waals surface area (Å²) in [6.07, 6.45) is 4.32. The lowest BCUT2D eigenvalue weighted by molar-refractivity contribution is 0.0848. The second-order valence-electron chi connectivity index (χ2n) is 6.54. The first-order valence-electron chi connectivity index (χ1n) is 8.81. The number of carbonyl (C=O) groups is 1. The highest BCUT2D eigenvalue weighted by molar-refractivity contribution is 5.99. The van der Waals surface area contributed by atoms with Crippen LogP contribution in [0.3, 0.4) is 0 Å². The first-order valence-corrected chi connectivity index (χ1v) is 8.81.